The van der Waals surface area contributed by atoms with Gasteiger partial charge < -0.3 is 15.7 Å². The number of carbonyl (C=O) groups excluding carboxylic acids is 2. The Hall–Kier alpha value is -1.89. The molecule has 2 rings (SSSR count). The van der Waals surface area contributed by atoms with Crippen LogP contribution in [-0.4, -0.2) is 35.5 Å². The molecule has 1 aliphatic carbocycles. The Morgan fingerprint density at radius 1 is 1.33 bits per heavy atom. The highest BCUT2D eigenvalue weighted by molar-refractivity contribution is 7.08. The van der Waals surface area contributed by atoms with Crippen LogP contribution in [0.3, 0.4) is 0 Å². The minimum Gasteiger partial charge on any atom is -0.481 e. The van der Waals surface area contributed by atoms with Gasteiger partial charge in [0.15, 0.2) is 0 Å². The number of rotatable bonds is 6. The predicted octanol–water partition coefficient (Wildman–Crippen LogP) is 1.24. The summed E-state index contributed by atoms with van der Waals surface area (Å²) >= 11 is 1.44. The van der Waals surface area contributed by atoms with Crippen molar-refractivity contribution in [2.45, 2.75) is 31.7 Å². The fraction of sp³-hybridized carbons (Fsp3) is 0.500. The molecule has 0 aliphatic heterocycles. The highest BCUT2D eigenvalue weighted by Gasteiger charge is 2.33. The molecule has 1 aromatic heterocycles. The van der Waals surface area contributed by atoms with Gasteiger partial charge in [0.25, 0.3) is 5.91 Å². The molecule has 0 radical (unpaired) electrons. The van der Waals surface area contributed by atoms with E-state index in [0.717, 1.165) is 6.42 Å². The lowest BCUT2D eigenvalue weighted by Gasteiger charge is -2.17. The topological polar surface area (TPSA) is 95.5 Å². The van der Waals surface area contributed by atoms with Gasteiger partial charge in [-0.15, -0.1) is 0 Å². The lowest BCUT2D eigenvalue weighted by molar-refractivity contribution is -0.142. The number of hydrogen-bond donors (Lipinski definition) is 3. The largest absolute Gasteiger partial charge is 0.481 e. The van der Waals surface area contributed by atoms with E-state index in [4.69, 9.17) is 5.11 Å². The molecule has 3 N–H and O–H groups in total. The van der Waals surface area contributed by atoms with E-state index in [-0.39, 0.29) is 30.8 Å². The third-order valence-electron chi connectivity index (χ3n) is 3.60. The number of amides is 2. The Morgan fingerprint density at radius 2 is 2.14 bits per heavy atom. The fourth-order valence-corrected chi connectivity index (χ4v) is 3.13. The average molecular weight is 310 g/mol. The number of carbonyl (C=O) groups is 3. The fourth-order valence-electron chi connectivity index (χ4n) is 2.49. The molecule has 1 heterocycles. The van der Waals surface area contributed by atoms with Gasteiger partial charge in [-0.05, 0) is 24.3 Å². The third-order valence-corrected chi connectivity index (χ3v) is 4.28. The minimum absolute atomic E-state index is 0.152. The van der Waals surface area contributed by atoms with Crippen molar-refractivity contribution in [1.29, 1.82) is 0 Å². The van der Waals surface area contributed by atoms with Crippen molar-refractivity contribution in [2.75, 3.05) is 6.54 Å². The summed E-state index contributed by atoms with van der Waals surface area (Å²) in [6.45, 7) is 0.241. The van der Waals surface area contributed by atoms with E-state index in [9.17, 15) is 14.4 Å². The highest BCUT2D eigenvalue weighted by Crippen LogP contribution is 2.25. The highest BCUT2D eigenvalue weighted by atomic mass is 32.1. The van der Waals surface area contributed by atoms with Crippen LogP contribution in [0.1, 0.15) is 36.0 Å². The smallest absolute Gasteiger partial charge is 0.308 e. The van der Waals surface area contributed by atoms with Crippen molar-refractivity contribution in [1.82, 2.24) is 10.6 Å². The summed E-state index contributed by atoms with van der Waals surface area (Å²) in [6.07, 6.45) is 2.27. The third kappa shape index (κ3) is 4.29. The van der Waals surface area contributed by atoms with Gasteiger partial charge >= 0.3 is 5.97 Å². The summed E-state index contributed by atoms with van der Waals surface area (Å²) in [4.78, 5) is 34.5. The summed E-state index contributed by atoms with van der Waals surface area (Å²) in [5, 5.41) is 18.0. The Kier molecular flexibility index (Phi) is 5.32. The summed E-state index contributed by atoms with van der Waals surface area (Å²) in [7, 11) is 0. The zero-order chi connectivity index (χ0) is 15.2. The normalized spacial score (nSPS) is 21.0. The predicted molar refractivity (Wildman–Crippen MR) is 78.2 cm³/mol. The van der Waals surface area contributed by atoms with E-state index in [2.05, 4.69) is 10.6 Å². The number of aliphatic carboxylic acids is 1. The maximum atomic E-state index is 11.8. The van der Waals surface area contributed by atoms with Crippen LogP contribution in [0.25, 0.3) is 0 Å². The molecule has 114 valence electrons. The molecule has 1 aliphatic rings. The van der Waals surface area contributed by atoms with Crippen LogP contribution in [0.15, 0.2) is 16.8 Å². The molecule has 6 nitrogen and oxygen atoms in total. The van der Waals surface area contributed by atoms with Crippen LogP contribution in [0.2, 0.25) is 0 Å². The first-order valence-electron chi connectivity index (χ1n) is 6.90. The van der Waals surface area contributed by atoms with Crippen LogP contribution in [0.4, 0.5) is 0 Å². The van der Waals surface area contributed by atoms with E-state index in [1.165, 1.54) is 11.3 Å². The Bertz CT molecular complexity index is 515. The monoisotopic (exact) mass is 310 g/mol. The van der Waals surface area contributed by atoms with Gasteiger partial charge in [-0.2, -0.15) is 11.3 Å². The van der Waals surface area contributed by atoms with Crippen molar-refractivity contribution < 1.29 is 19.5 Å². The summed E-state index contributed by atoms with van der Waals surface area (Å²) in [5.41, 5.74) is 0.585. The molecule has 2 atom stereocenters. The van der Waals surface area contributed by atoms with Crippen molar-refractivity contribution in [3.8, 4) is 0 Å². The van der Waals surface area contributed by atoms with Crippen molar-refractivity contribution >= 4 is 29.1 Å². The molecule has 7 heteroatoms. The number of carboxylic acid groups (broad SMARTS) is 1. The van der Waals surface area contributed by atoms with Crippen LogP contribution in [-0.2, 0) is 9.59 Å². The molecular formula is C14H18N2O4S. The second-order valence-electron chi connectivity index (χ2n) is 5.07. The maximum Gasteiger partial charge on any atom is 0.308 e. The summed E-state index contributed by atoms with van der Waals surface area (Å²) in [6, 6.07) is 1.43. The molecule has 0 aromatic carbocycles. The molecule has 2 amide bonds. The SMILES string of the molecule is O=C(CCNC(=O)c1ccsc1)N[C@H]1CCC[C@H]1C(=O)O. The molecular weight excluding hydrogens is 292 g/mol. The maximum absolute atomic E-state index is 11.8. The average Bonchev–Trinajstić information content (AvgIpc) is 3.09. The zero-order valence-corrected chi connectivity index (χ0v) is 12.3. The Balaban J connectivity index is 1.70. The standard InChI is InChI=1S/C14H18N2O4S/c17-12(16-11-3-1-2-10(11)14(19)20)4-6-15-13(18)9-5-7-21-8-9/h5,7-8,10-11H,1-4,6H2,(H,15,18)(H,16,17)(H,19,20)/t10-,11+/m1/s1. The lowest BCUT2D eigenvalue weighted by atomic mass is 10.0. The molecule has 21 heavy (non-hydrogen) atoms. The van der Waals surface area contributed by atoms with E-state index >= 15 is 0 Å². The van der Waals surface area contributed by atoms with Crippen molar-refractivity contribution in [2.24, 2.45) is 5.92 Å². The van der Waals surface area contributed by atoms with Crippen LogP contribution in [0.5, 0.6) is 0 Å². The van der Waals surface area contributed by atoms with Crippen molar-refractivity contribution in [3.05, 3.63) is 22.4 Å². The first-order chi connectivity index (χ1) is 10.1. The number of nitrogens with one attached hydrogen (secondary N) is 2. The van der Waals surface area contributed by atoms with E-state index in [0.29, 0.717) is 18.4 Å². The molecule has 1 fully saturated rings. The van der Waals surface area contributed by atoms with E-state index in [1.807, 2.05) is 5.38 Å². The molecule has 1 saturated carbocycles. The summed E-state index contributed by atoms with van der Waals surface area (Å²) in [5.74, 6) is -1.77. The van der Waals surface area contributed by atoms with Gasteiger partial charge in [-0.1, -0.05) is 6.42 Å². The van der Waals surface area contributed by atoms with Gasteiger partial charge in [-0.3, -0.25) is 14.4 Å². The number of carboxylic acids is 1. The van der Waals surface area contributed by atoms with Crippen molar-refractivity contribution in [3.63, 3.8) is 0 Å². The number of thiophene rings is 1. The Morgan fingerprint density at radius 3 is 2.81 bits per heavy atom. The lowest BCUT2D eigenvalue weighted by Crippen LogP contribution is -2.41. The van der Waals surface area contributed by atoms with Gasteiger partial charge in [0.2, 0.25) is 5.91 Å². The van der Waals surface area contributed by atoms with E-state index < -0.39 is 11.9 Å². The second kappa shape index (κ2) is 7.21. The van der Waals surface area contributed by atoms with Gasteiger partial charge in [0.1, 0.15) is 0 Å². The van der Waals surface area contributed by atoms with Crippen LogP contribution >= 0.6 is 11.3 Å². The quantitative estimate of drug-likeness (QED) is 0.736. The molecule has 0 bridgehead atoms. The van der Waals surface area contributed by atoms with Gasteiger partial charge in [-0.25, -0.2) is 0 Å². The van der Waals surface area contributed by atoms with E-state index in [1.54, 1.807) is 11.4 Å². The van der Waals surface area contributed by atoms with Crippen LogP contribution < -0.4 is 10.6 Å². The Labute approximate surface area is 126 Å². The zero-order valence-electron chi connectivity index (χ0n) is 11.5. The summed E-state index contributed by atoms with van der Waals surface area (Å²) < 4.78 is 0. The second-order valence-corrected chi connectivity index (χ2v) is 5.85. The van der Waals surface area contributed by atoms with Crippen LogP contribution in [0, 0.1) is 5.92 Å². The van der Waals surface area contributed by atoms with Gasteiger partial charge in [0, 0.05) is 30.0 Å². The first kappa shape index (κ1) is 15.5. The molecule has 0 unspecified atom stereocenters. The first-order valence-corrected chi connectivity index (χ1v) is 7.85. The molecule has 1 aromatic rings. The molecule has 0 saturated heterocycles. The van der Waals surface area contributed by atoms with Gasteiger partial charge in [0.05, 0.1) is 5.92 Å². The minimum atomic E-state index is -0.858. The number of hydrogen-bond acceptors (Lipinski definition) is 4. The molecule has 0 spiro atoms.